The molecule has 2 aromatic carbocycles. The van der Waals surface area contributed by atoms with Crippen LogP contribution in [0.3, 0.4) is 0 Å². The summed E-state index contributed by atoms with van der Waals surface area (Å²) >= 11 is 8.01. The second-order valence-corrected chi connectivity index (χ2v) is 6.41. The molecule has 0 aliphatic carbocycles. The van der Waals surface area contributed by atoms with Gasteiger partial charge in [-0.25, -0.2) is 0 Å². The molecule has 20 heavy (non-hydrogen) atoms. The van der Waals surface area contributed by atoms with Crippen LogP contribution in [0.5, 0.6) is 0 Å². The van der Waals surface area contributed by atoms with Gasteiger partial charge in [-0.3, -0.25) is 0 Å². The zero-order valence-electron chi connectivity index (χ0n) is 12.1. The molecule has 1 N–H and O–H groups in total. The minimum absolute atomic E-state index is 0.330. The molecule has 1 atom stereocenters. The summed E-state index contributed by atoms with van der Waals surface area (Å²) in [6, 6.07) is 15.0. The third-order valence-electron chi connectivity index (χ3n) is 3.40. The van der Waals surface area contributed by atoms with E-state index in [-0.39, 0.29) is 0 Å². The molecule has 106 valence electrons. The van der Waals surface area contributed by atoms with Gasteiger partial charge in [0.1, 0.15) is 0 Å². The lowest BCUT2D eigenvalue weighted by molar-refractivity contribution is 0.657. The van der Waals surface area contributed by atoms with Crippen LogP contribution in [0, 0.1) is 13.8 Å². The van der Waals surface area contributed by atoms with Gasteiger partial charge in [-0.2, -0.15) is 0 Å². The van der Waals surface area contributed by atoms with Crippen molar-refractivity contribution in [1.29, 1.82) is 0 Å². The Morgan fingerprint density at radius 1 is 1.15 bits per heavy atom. The summed E-state index contributed by atoms with van der Waals surface area (Å²) in [4.78, 5) is 1.14. The van der Waals surface area contributed by atoms with E-state index < -0.39 is 0 Å². The third kappa shape index (κ3) is 3.78. The van der Waals surface area contributed by atoms with Crippen molar-refractivity contribution in [2.45, 2.75) is 24.8 Å². The van der Waals surface area contributed by atoms with Crippen LogP contribution < -0.4 is 5.32 Å². The summed E-state index contributed by atoms with van der Waals surface area (Å²) in [5.41, 5.74) is 4.00. The van der Waals surface area contributed by atoms with E-state index >= 15 is 0 Å². The van der Waals surface area contributed by atoms with Crippen LogP contribution >= 0.6 is 23.4 Å². The van der Waals surface area contributed by atoms with E-state index in [0.29, 0.717) is 6.04 Å². The first-order valence-corrected chi connectivity index (χ1v) is 8.10. The molecule has 1 unspecified atom stereocenters. The molecular formula is C17H20ClNS. The fourth-order valence-corrected chi connectivity index (χ4v) is 3.57. The molecule has 0 saturated heterocycles. The molecule has 0 amide bonds. The van der Waals surface area contributed by atoms with Gasteiger partial charge in [-0.05, 0) is 44.2 Å². The van der Waals surface area contributed by atoms with E-state index in [9.17, 15) is 0 Å². The second kappa shape index (κ2) is 7.16. The molecule has 0 heterocycles. The molecule has 0 aromatic heterocycles. The van der Waals surface area contributed by atoms with E-state index in [1.165, 1.54) is 16.7 Å². The van der Waals surface area contributed by atoms with Crippen LogP contribution in [0.15, 0.2) is 47.4 Å². The molecule has 2 aromatic rings. The standard InChI is InChI=1S/C17H20ClNS/c1-12-8-9-13(2)14(10-12)16(19-3)11-20-17-7-5-4-6-15(17)18/h4-10,16,19H,11H2,1-3H3. The Hall–Kier alpha value is -0.960. The lowest BCUT2D eigenvalue weighted by Crippen LogP contribution is -2.19. The Bertz CT molecular complexity index is 583. The number of thioether (sulfide) groups is 1. The molecule has 3 heteroatoms. The predicted octanol–water partition coefficient (Wildman–Crippen LogP) is 5.01. The first kappa shape index (κ1) is 15.4. The van der Waals surface area contributed by atoms with Gasteiger partial charge in [0.2, 0.25) is 0 Å². The van der Waals surface area contributed by atoms with E-state index in [2.05, 4.69) is 43.4 Å². The summed E-state index contributed by atoms with van der Waals surface area (Å²) in [5, 5.41) is 4.24. The third-order valence-corrected chi connectivity index (χ3v) is 5.01. The minimum atomic E-state index is 0.330. The molecule has 1 nitrogen and oxygen atoms in total. The number of halogens is 1. The number of hydrogen-bond donors (Lipinski definition) is 1. The van der Waals surface area contributed by atoms with Gasteiger partial charge in [0.25, 0.3) is 0 Å². The molecular weight excluding hydrogens is 286 g/mol. The van der Waals surface area contributed by atoms with Gasteiger partial charge < -0.3 is 5.32 Å². The predicted molar refractivity (Wildman–Crippen MR) is 89.9 cm³/mol. The van der Waals surface area contributed by atoms with Gasteiger partial charge >= 0.3 is 0 Å². The zero-order valence-corrected chi connectivity index (χ0v) is 13.7. The number of nitrogens with one attached hydrogen (secondary N) is 1. The van der Waals surface area contributed by atoms with E-state index in [1.54, 1.807) is 11.8 Å². The van der Waals surface area contributed by atoms with Crippen molar-refractivity contribution in [3.63, 3.8) is 0 Å². The van der Waals surface area contributed by atoms with Gasteiger partial charge in [0, 0.05) is 16.7 Å². The van der Waals surface area contributed by atoms with Gasteiger partial charge in [-0.15, -0.1) is 11.8 Å². The molecule has 0 radical (unpaired) electrons. The van der Waals surface area contributed by atoms with Crippen molar-refractivity contribution in [3.05, 3.63) is 64.2 Å². The summed E-state index contributed by atoms with van der Waals surface area (Å²) in [6.07, 6.45) is 0. The maximum absolute atomic E-state index is 6.21. The molecule has 0 fully saturated rings. The molecule has 0 bridgehead atoms. The first-order valence-electron chi connectivity index (χ1n) is 6.73. The minimum Gasteiger partial charge on any atom is -0.312 e. The van der Waals surface area contributed by atoms with Crippen molar-refractivity contribution in [1.82, 2.24) is 5.32 Å². The SMILES string of the molecule is CNC(CSc1ccccc1Cl)c1cc(C)ccc1C. The first-order chi connectivity index (χ1) is 9.61. The Kier molecular flexibility index (Phi) is 5.53. The Morgan fingerprint density at radius 2 is 1.90 bits per heavy atom. The average molecular weight is 306 g/mol. The van der Waals surface area contributed by atoms with Crippen LogP contribution in [-0.2, 0) is 0 Å². The van der Waals surface area contributed by atoms with Crippen LogP contribution in [0.4, 0.5) is 0 Å². The van der Waals surface area contributed by atoms with Crippen molar-refractivity contribution in [2.24, 2.45) is 0 Å². The summed E-state index contributed by atoms with van der Waals surface area (Å²) in [7, 11) is 2.01. The fourth-order valence-electron chi connectivity index (χ4n) is 2.20. The van der Waals surface area contributed by atoms with Crippen molar-refractivity contribution >= 4 is 23.4 Å². The Morgan fingerprint density at radius 3 is 2.60 bits per heavy atom. The van der Waals surface area contributed by atoms with Crippen LogP contribution in [-0.4, -0.2) is 12.8 Å². The molecule has 0 saturated carbocycles. The fraction of sp³-hybridized carbons (Fsp3) is 0.294. The molecule has 0 aliphatic heterocycles. The van der Waals surface area contributed by atoms with Crippen molar-refractivity contribution < 1.29 is 0 Å². The second-order valence-electron chi connectivity index (χ2n) is 4.94. The monoisotopic (exact) mass is 305 g/mol. The smallest absolute Gasteiger partial charge is 0.0541 e. The Balaban J connectivity index is 2.13. The van der Waals surface area contributed by atoms with Crippen molar-refractivity contribution in [2.75, 3.05) is 12.8 Å². The number of rotatable bonds is 5. The largest absolute Gasteiger partial charge is 0.312 e. The molecule has 2 rings (SSSR count). The number of benzene rings is 2. The normalized spacial score (nSPS) is 12.4. The zero-order chi connectivity index (χ0) is 14.5. The maximum Gasteiger partial charge on any atom is 0.0541 e. The quantitative estimate of drug-likeness (QED) is 0.779. The summed E-state index contributed by atoms with van der Waals surface area (Å²) in [6.45, 7) is 4.30. The van der Waals surface area contributed by atoms with Gasteiger partial charge in [-0.1, -0.05) is 47.5 Å². The lowest BCUT2D eigenvalue weighted by Gasteiger charge is -2.19. The number of hydrogen-bond acceptors (Lipinski definition) is 2. The molecule has 0 aliphatic rings. The highest BCUT2D eigenvalue weighted by Crippen LogP contribution is 2.31. The van der Waals surface area contributed by atoms with Crippen LogP contribution in [0.2, 0.25) is 5.02 Å². The average Bonchev–Trinajstić information content (AvgIpc) is 2.45. The van der Waals surface area contributed by atoms with E-state index in [1.807, 2.05) is 25.2 Å². The Labute approximate surface area is 130 Å². The highest BCUT2D eigenvalue weighted by Gasteiger charge is 2.13. The van der Waals surface area contributed by atoms with Gasteiger partial charge in [0.05, 0.1) is 5.02 Å². The lowest BCUT2D eigenvalue weighted by atomic mass is 10.0. The highest BCUT2D eigenvalue weighted by atomic mass is 35.5. The summed E-state index contributed by atoms with van der Waals surface area (Å²) in [5.74, 6) is 0.963. The highest BCUT2D eigenvalue weighted by molar-refractivity contribution is 7.99. The van der Waals surface area contributed by atoms with Crippen molar-refractivity contribution in [3.8, 4) is 0 Å². The van der Waals surface area contributed by atoms with E-state index in [4.69, 9.17) is 11.6 Å². The topological polar surface area (TPSA) is 12.0 Å². The van der Waals surface area contributed by atoms with Crippen LogP contribution in [0.25, 0.3) is 0 Å². The van der Waals surface area contributed by atoms with Crippen LogP contribution in [0.1, 0.15) is 22.7 Å². The summed E-state index contributed by atoms with van der Waals surface area (Å²) < 4.78 is 0. The number of aryl methyl sites for hydroxylation is 2. The molecule has 0 spiro atoms. The maximum atomic E-state index is 6.21. The van der Waals surface area contributed by atoms with E-state index in [0.717, 1.165) is 15.7 Å². The van der Waals surface area contributed by atoms with Gasteiger partial charge in [0.15, 0.2) is 0 Å².